The predicted octanol–water partition coefficient (Wildman–Crippen LogP) is 3.77. The third-order valence-corrected chi connectivity index (χ3v) is 4.65. The zero-order valence-electron chi connectivity index (χ0n) is 12.1. The van der Waals surface area contributed by atoms with Gasteiger partial charge < -0.3 is 14.8 Å². The molecule has 0 fully saturated rings. The normalized spacial score (nSPS) is 10.4. The summed E-state index contributed by atoms with van der Waals surface area (Å²) >= 11 is 8.62. The lowest BCUT2D eigenvalue weighted by atomic mass is 10.1. The average Bonchev–Trinajstić information content (AvgIpc) is 2.49. The molecule has 1 aromatic carbocycles. The van der Waals surface area contributed by atoms with Crippen LogP contribution in [-0.4, -0.2) is 31.2 Å². The molecule has 1 aromatic heterocycles. The van der Waals surface area contributed by atoms with Crippen LogP contribution >= 0.6 is 34.2 Å². The van der Waals surface area contributed by atoms with Crippen LogP contribution in [0.2, 0.25) is 5.02 Å². The fourth-order valence-corrected chi connectivity index (χ4v) is 2.74. The topological polar surface area (TPSA) is 56.3 Å². The van der Waals surface area contributed by atoms with Crippen molar-refractivity contribution in [2.45, 2.75) is 6.92 Å². The molecule has 0 spiro atoms. The van der Waals surface area contributed by atoms with E-state index >= 15 is 0 Å². The minimum atomic E-state index is 0.430. The molecule has 5 nitrogen and oxygen atoms in total. The van der Waals surface area contributed by atoms with Crippen molar-refractivity contribution in [2.24, 2.45) is 0 Å². The summed E-state index contributed by atoms with van der Waals surface area (Å²) in [6, 6.07) is 3.61. The van der Waals surface area contributed by atoms with Gasteiger partial charge in [0.25, 0.3) is 0 Å². The first kappa shape index (κ1) is 16.1. The minimum Gasteiger partial charge on any atom is -0.493 e. The van der Waals surface area contributed by atoms with E-state index in [1.54, 1.807) is 20.3 Å². The fraction of sp³-hybridized carbons (Fsp3) is 0.286. The summed E-state index contributed by atoms with van der Waals surface area (Å²) in [6.07, 6.45) is 0. The van der Waals surface area contributed by atoms with Gasteiger partial charge in [-0.1, -0.05) is 11.6 Å². The summed E-state index contributed by atoms with van der Waals surface area (Å²) in [5, 5.41) is 3.49. The molecule has 0 radical (unpaired) electrons. The van der Waals surface area contributed by atoms with Gasteiger partial charge in [-0.15, -0.1) is 0 Å². The zero-order chi connectivity index (χ0) is 15.6. The van der Waals surface area contributed by atoms with Crippen LogP contribution in [-0.2, 0) is 0 Å². The van der Waals surface area contributed by atoms with Crippen molar-refractivity contribution in [1.82, 2.24) is 9.97 Å². The number of aryl methyl sites for hydroxylation is 1. The van der Waals surface area contributed by atoms with Crippen molar-refractivity contribution in [3.05, 3.63) is 26.4 Å². The number of rotatable bonds is 4. The maximum absolute atomic E-state index is 6.41. The molecule has 0 aliphatic rings. The van der Waals surface area contributed by atoms with E-state index in [0.717, 1.165) is 15.1 Å². The lowest BCUT2D eigenvalue weighted by Gasteiger charge is -2.13. The maximum atomic E-state index is 6.41. The van der Waals surface area contributed by atoms with Crippen molar-refractivity contribution >= 4 is 40.0 Å². The molecule has 0 bridgehead atoms. The second kappa shape index (κ2) is 6.65. The Kier molecular flexibility index (Phi) is 5.10. The summed E-state index contributed by atoms with van der Waals surface area (Å²) in [5.74, 6) is 2.36. The van der Waals surface area contributed by atoms with Crippen LogP contribution in [0.5, 0.6) is 11.5 Å². The highest BCUT2D eigenvalue weighted by Crippen LogP contribution is 2.41. The van der Waals surface area contributed by atoms with Crippen LogP contribution in [0, 0.1) is 10.5 Å². The minimum absolute atomic E-state index is 0.430. The van der Waals surface area contributed by atoms with E-state index in [-0.39, 0.29) is 0 Å². The summed E-state index contributed by atoms with van der Waals surface area (Å²) in [5.41, 5.74) is 1.58. The van der Waals surface area contributed by atoms with Crippen LogP contribution in [0.1, 0.15) is 5.69 Å². The quantitative estimate of drug-likeness (QED) is 0.765. The zero-order valence-corrected chi connectivity index (χ0v) is 15.0. The highest BCUT2D eigenvalue weighted by atomic mass is 127. The molecule has 21 heavy (non-hydrogen) atoms. The number of ether oxygens (including phenoxy) is 2. The van der Waals surface area contributed by atoms with Gasteiger partial charge in [0, 0.05) is 12.6 Å². The van der Waals surface area contributed by atoms with E-state index in [4.69, 9.17) is 21.1 Å². The first-order chi connectivity index (χ1) is 10.0. The van der Waals surface area contributed by atoms with Gasteiger partial charge in [0.2, 0.25) is 0 Å². The number of anilines is 1. The van der Waals surface area contributed by atoms with E-state index in [1.165, 1.54) is 0 Å². The maximum Gasteiger partial charge on any atom is 0.180 e. The Bertz CT molecular complexity index is 680. The summed E-state index contributed by atoms with van der Waals surface area (Å²) in [4.78, 5) is 9.01. The monoisotopic (exact) mass is 419 g/mol. The van der Waals surface area contributed by atoms with E-state index in [9.17, 15) is 0 Å². The molecular weight excluding hydrogens is 405 g/mol. The van der Waals surface area contributed by atoms with E-state index < -0.39 is 0 Å². The molecule has 0 aliphatic carbocycles. The smallest absolute Gasteiger partial charge is 0.180 e. The molecular formula is C14H15ClIN3O2. The Morgan fingerprint density at radius 3 is 2.48 bits per heavy atom. The molecule has 1 heterocycles. The number of nitrogens with zero attached hydrogens (tertiary/aromatic N) is 2. The number of benzene rings is 1. The SMILES string of the molecule is CNc1nc(-c2ccc(OC)c(OC)c2Cl)nc(C)c1I. The highest BCUT2D eigenvalue weighted by Gasteiger charge is 2.18. The van der Waals surface area contributed by atoms with Crippen molar-refractivity contribution < 1.29 is 9.47 Å². The van der Waals surface area contributed by atoms with Crippen molar-refractivity contribution in [3.63, 3.8) is 0 Å². The fourth-order valence-electron chi connectivity index (χ4n) is 1.91. The Morgan fingerprint density at radius 2 is 1.90 bits per heavy atom. The van der Waals surface area contributed by atoms with Crippen LogP contribution in [0.25, 0.3) is 11.4 Å². The number of hydrogen-bond acceptors (Lipinski definition) is 5. The van der Waals surface area contributed by atoms with Crippen molar-refractivity contribution in [3.8, 4) is 22.9 Å². The molecule has 0 atom stereocenters. The molecule has 0 unspecified atom stereocenters. The molecule has 0 saturated carbocycles. The van der Waals surface area contributed by atoms with Crippen LogP contribution in [0.3, 0.4) is 0 Å². The van der Waals surface area contributed by atoms with Gasteiger partial charge in [0.1, 0.15) is 5.82 Å². The molecule has 0 saturated heterocycles. The Morgan fingerprint density at radius 1 is 1.19 bits per heavy atom. The predicted molar refractivity (Wildman–Crippen MR) is 92.6 cm³/mol. The third-order valence-electron chi connectivity index (χ3n) is 2.98. The van der Waals surface area contributed by atoms with E-state index in [0.29, 0.717) is 27.9 Å². The number of hydrogen-bond donors (Lipinski definition) is 1. The molecule has 2 rings (SSSR count). The molecule has 0 amide bonds. The number of halogens is 2. The second-order valence-electron chi connectivity index (χ2n) is 4.21. The van der Waals surface area contributed by atoms with Gasteiger partial charge in [-0.3, -0.25) is 0 Å². The molecule has 112 valence electrons. The molecule has 0 aliphatic heterocycles. The lowest BCUT2D eigenvalue weighted by Crippen LogP contribution is -2.03. The van der Waals surface area contributed by atoms with Gasteiger partial charge in [-0.05, 0) is 41.6 Å². The molecule has 1 N–H and O–H groups in total. The highest BCUT2D eigenvalue weighted by molar-refractivity contribution is 14.1. The van der Waals surface area contributed by atoms with Gasteiger partial charge in [-0.2, -0.15) is 0 Å². The van der Waals surface area contributed by atoms with Gasteiger partial charge in [0.15, 0.2) is 17.3 Å². The van der Waals surface area contributed by atoms with E-state index in [1.807, 2.05) is 20.0 Å². The first-order valence-corrected chi connectivity index (χ1v) is 7.61. The van der Waals surface area contributed by atoms with Crippen molar-refractivity contribution in [1.29, 1.82) is 0 Å². The summed E-state index contributed by atoms with van der Waals surface area (Å²) < 4.78 is 11.5. The number of aromatic nitrogens is 2. The van der Waals surface area contributed by atoms with Crippen LogP contribution in [0.15, 0.2) is 12.1 Å². The Balaban J connectivity index is 2.65. The lowest BCUT2D eigenvalue weighted by molar-refractivity contribution is 0.355. The largest absolute Gasteiger partial charge is 0.493 e. The Labute approximate surface area is 142 Å². The summed E-state index contributed by atoms with van der Waals surface area (Å²) in [7, 11) is 4.94. The average molecular weight is 420 g/mol. The van der Waals surface area contributed by atoms with Crippen molar-refractivity contribution in [2.75, 3.05) is 26.6 Å². The Hall–Kier alpha value is -1.28. The van der Waals surface area contributed by atoms with Gasteiger partial charge >= 0.3 is 0 Å². The van der Waals surface area contributed by atoms with Crippen LogP contribution < -0.4 is 14.8 Å². The molecule has 2 aromatic rings. The molecule has 7 heteroatoms. The third kappa shape index (κ3) is 3.01. The second-order valence-corrected chi connectivity index (χ2v) is 5.66. The van der Waals surface area contributed by atoms with Gasteiger partial charge in [0.05, 0.1) is 28.5 Å². The number of methoxy groups -OCH3 is 2. The number of nitrogens with one attached hydrogen (secondary N) is 1. The first-order valence-electron chi connectivity index (χ1n) is 6.16. The van der Waals surface area contributed by atoms with Gasteiger partial charge in [-0.25, -0.2) is 9.97 Å². The van der Waals surface area contributed by atoms with E-state index in [2.05, 4.69) is 37.9 Å². The summed E-state index contributed by atoms with van der Waals surface area (Å²) in [6.45, 7) is 1.93. The van der Waals surface area contributed by atoms with Crippen LogP contribution in [0.4, 0.5) is 5.82 Å². The standard InChI is InChI=1S/C14H15ClIN3O2/c1-7-11(16)14(17-2)19-13(18-7)8-5-6-9(20-3)12(21-4)10(8)15/h5-6H,1-4H3,(H,17,18,19).